The van der Waals surface area contributed by atoms with E-state index in [2.05, 4.69) is 37.6 Å². The van der Waals surface area contributed by atoms with E-state index in [1.54, 1.807) is 0 Å². The van der Waals surface area contributed by atoms with Crippen LogP contribution >= 0.6 is 0 Å². The molecule has 102 valence electrons. The fraction of sp³-hybridized carbons (Fsp3) is 1.00. The average molecular weight is 241 g/mol. The van der Waals surface area contributed by atoms with Crippen LogP contribution in [0.25, 0.3) is 0 Å². The molecule has 17 heavy (non-hydrogen) atoms. The van der Waals surface area contributed by atoms with Gasteiger partial charge < -0.3 is 10.6 Å². The van der Waals surface area contributed by atoms with Gasteiger partial charge in [0.25, 0.3) is 0 Å². The highest BCUT2D eigenvalue weighted by Crippen LogP contribution is 2.14. The number of nitrogens with two attached hydrogens (primary N) is 1. The predicted octanol–water partition coefficient (Wildman–Crippen LogP) is 1.78. The molecule has 1 heterocycles. The van der Waals surface area contributed by atoms with E-state index in [1.807, 2.05) is 0 Å². The minimum absolute atomic E-state index is 0.340. The monoisotopic (exact) mass is 241 g/mol. The molecular weight excluding hydrogens is 210 g/mol. The maximum Gasteiger partial charge on any atom is 0.0221 e. The Balaban J connectivity index is 2.48. The summed E-state index contributed by atoms with van der Waals surface area (Å²) in [6.07, 6.45) is 3.66. The quantitative estimate of drug-likeness (QED) is 0.796. The first-order valence-corrected chi connectivity index (χ1v) is 7.21. The van der Waals surface area contributed by atoms with E-state index < -0.39 is 0 Å². The zero-order chi connectivity index (χ0) is 12.8. The van der Waals surface area contributed by atoms with Crippen molar-refractivity contribution in [3.8, 4) is 0 Å². The third kappa shape index (κ3) is 5.36. The van der Waals surface area contributed by atoms with E-state index in [4.69, 9.17) is 5.73 Å². The van der Waals surface area contributed by atoms with Crippen molar-refractivity contribution in [2.24, 2.45) is 11.7 Å². The molecule has 0 amide bonds. The smallest absolute Gasteiger partial charge is 0.0221 e. The van der Waals surface area contributed by atoms with Gasteiger partial charge >= 0.3 is 0 Å². The van der Waals surface area contributed by atoms with Gasteiger partial charge in [-0.2, -0.15) is 0 Å². The molecule has 2 unspecified atom stereocenters. The van der Waals surface area contributed by atoms with Crippen LogP contribution < -0.4 is 5.73 Å². The second kappa shape index (κ2) is 7.34. The fourth-order valence-electron chi connectivity index (χ4n) is 2.90. The largest absolute Gasteiger partial charge is 0.327 e. The summed E-state index contributed by atoms with van der Waals surface area (Å²) < 4.78 is 0. The normalized spacial score (nSPS) is 26.1. The van der Waals surface area contributed by atoms with Crippen molar-refractivity contribution in [1.82, 2.24) is 9.80 Å². The zero-order valence-corrected chi connectivity index (χ0v) is 12.2. The highest BCUT2D eigenvalue weighted by Gasteiger charge is 2.23. The maximum absolute atomic E-state index is 6.25. The minimum atomic E-state index is 0.340. The molecule has 0 aliphatic carbocycles. The lowest BCUT2D eigenvalue weighted by Gasteiger charge is -2.32. The van der Waals surface area contributed by atoms with Crippen LogP contribution in [0.4, 0.5) is 0 Å². The molecule has 1 aliphatic rings. The molecule has 0 radical (unpaired) electrons. The van der Waals surface area contributed by atoms with Gasteiger partial charge in [-0.15, -0.1) is 0 Å². The summed E-state index contributed by atoms with van der Waals surface area (Å²) in [6.45, 7) is 11.5. The van der Waals surface area contributed by atoms with Crippen LogP contribution in [0.1, 0.15) is 40.0 Å². The molecule has 0 aromatic heterocycles. The average Bonchev–Trinajstić information content (AvgIpc) is 2.39. The van der Waals surface area contributed by atoms with Gasteiger partial charge in [-0.1, -0.05) is 20.8 Å². The highest BCUT2D eigenvalue weighted by molar-refractivity contribution is 4.81. The van der Waals surface area contributed by atoms with Crippen molar-refractivity contribution < 1.29 is 0 Å². The van der Waals surface area contributed by atoms with E-state index in [1.165, 1.54) is 32.5 Å². The zero-order valence-electron chi connectivity index (χ0n) is 12.2. The molecule has 1 fully saturated rings. The van der Waals surface area contributed by atoms with Gasteiger partial charge in [0.2, 0.25) is 0 Å². The van der Waals surface area contributed by atoms with Gasteiger partial charge in [0.15, 0.2) is 0 Å². The number of likely N-dealkylation sites (N-methyl/N-ethyl adjacent to an activating group) is 1. The SMILES string of the molecule is CCC1CN(C)CCCN1CC(N)CC(C)C. The van der Waals surface area contributed by atoms with E-state index in [-0.39, 0.29) is 0 Å². The molecule has 1 rings (SSSR count). The Morgan fingerprint density at radius 3 is 2.59 bits per heavy atom. The van der Waals surface area contributed by atoms with Crippen molar-refractivity contribution in [2.45, 2.75) is 52.1 Å². The third-order valence-electron chi connectivity index (χ3n) is 3.74. The number of hydrogen-bond donors (Lipinski definition) is 1. The van der Waals surface area contributed by atoms with Gasteiger partial charge in [-0.25, -0.2) is 0 Å². The molecule has 2 atom stereocenters. The van der Waals surface area contributed by atoms with Crippen molar-refractivity contribution in [1.29, 1.82) is 0 Å². The summed E-state index contributed by atoms with van der Waals surface area (Å²) in [5, 5.41) is 0. The van der Waals surface area contributed by atoms with Gasteiger partial charge in [0.1, 0.15) is 0 Å². The van der Waals surface area contributed by atoms with E-state index in [9.17, 15) is 0 Å². The third-order valence-corrected chi connectivity index (χ3v) is 3.74. The summed E-state index contributed by atoms with van der Waals surface area (Å²) in [7, 11) is 2.24. The van der Waals surface area contributed by atoms with Crippen LogP contribution in [0.5, 0.6) is 0 Å². The standard InChI is InChI=1S/C14H31N3/c1-5-14-11-16(4)7-6-8-17(14)10-13(15)9-12(2)3/h12-14H,5-11,15H2,1-4H3. The lowest BCUT2D eigenvalue weighted by molar-refractivity contribution is 0.169. The van der Waals surface area contributed by atoms with Gasteiger partial charge in [-0.3, -0.25) is 4.90 Å². The Morgan fingerprint density at radius 1 is 1.29 bits per heavy atom. The van der Waals surface area contributed by atoms with Crippen molar-refractivity contribution in [3.63, 3.8) is 0 Å². The molecule has 1 aliphatic heterocycles. The van der Waals surface area contributed by atoms with Gasteiger partial charge in [-0.05, 0) is 45.3 Å². The van der Waals surface area contributed by atoms with Crippen molar-refractivity contribution >= 4 is 0 Å². The summed E-state index contributed by atoms with van der Waals surface area (Å²) in [5.41, 5.74) is 6.25. The Hall–Kier alpha value is -0.120. The topological polar surface area (TPSA) is 32.5 Å². The number of rotatable bonds is 5. The van der Waals surface area contributed by atoms with Crippen LogP contribution in [0, 0.1) is 5.92 Å². The Bertz CT molecular complexity index is 206. The first-order valence-electron chi connectivity index (χ1n) is 7.21. The fourth-order valence-corrected chi connectivity index (χ4v) is 2.90. The second-order valence-electron chi connectivity index (χ2n) is 6.06. The summed E-state index contributed by atoms with van der Waals surface area (Å²) >= 11 is 0. The van der Waals surface area contributed by atoms with Crippen molar-refractivity contribution in [3.05, 3.63) is 0 Å². The summed E-state index contributed by atoms with van der Waals surface area (Å²) in [5.74, 6) is 0.708. The van der Waals surface area contributed by atoms with Crippen LogP contribution in [0.2, 0.25) is 0 Å². The van der Waals surface area contributed by atoms with Crippen LogP contribution in [0.3, 0.4) is 0 Å². The molecule has 3 heteroatoms. The molecular formula is C14H31N3. The van der Waals surface area contributed by atoms with Crippen LogP contribution in [0.15, 0.2) is 0 Å². The van der Waals surface area contributed by atoms with E-state index in [0.29, 0.717) is 18.0 Å². The summed E-state index contributed by atoms with van der Waals surface area (Å²) in [4.78, 5) is 5.08. The first-order chi connectivity index (χ1) is 8.02. The van der Waals surface area contributed by atoms with Gasteiger partial charge in [0.05, 0.1) is 0 Å². The van der Waals surface area contributed by atoms with Crippen LogP contribution in [-0.4, -0.2) is 55.1 Å². The molecule has 0 saturated carbocycles. The van der Waals surface area contributed by atoms with Crippen LogP contribution in [-0.2, 0) is 0 Å². The maximum atomic E-state index is 6.25. The Labute approximate surface area is 107 Å². The van der Waals surface area contributed by atoms with Gasteiger partial charge in [0, 0.05) is 25.2 Å². The number of hydrogen-bond acceptors (Lipinski definition) is 3. The van der Waals surface area contributed by atoms with Crippen molar-refractivity contribution in [2.75, 3.05) is 33.2 Å². The molecule has 0 bridgehead atoms. The minimum Gasteiger partial charge on any atom is -0.327 e. The molecule has 0 aromatic carbocycles. The number of nitrogens with zero attached hydrogens (tertiary/aromatic N) is 2. The summed E-state index contributed by atoms with van der Waals surface area (Å²) in [6, 6.07) is 1.04. The lowest BCUT2D eigenvalue weighted by atomic mass is 10.0. The highest BCUT2D eigenvalue weighted by atomic mass is 15.2. The molecule has 1 saturated heterocycles. The lowest BCUT2D eigenvalue weighted by Crippen LogP contribution is -2.46. The second-order valence-corrected chi connectivity index (χ2v) is 6.06. The predicted molar refractivity (Wildman–Crippen MR) is 75.2 cm³/mol. The molecule has 2 N–H and O–H groups in total. The molecule has 3 nitrogen and oxygen atoms in total. The van der Waals surface area contributed by atoms with E-state index in [0.717, 1.165) is 13.0 Å². The molecule has 0 aromatic rings. The molecule has 0 spiro atoms. The Kier molecular flexibility index (Phi) is 6.45. The Morgan fingerprint density at radius 2 is 2.00 bits per heavy atom. The first kappa shape index (κ1) is 14.9. The van der Waals surface area contributed by atoms with E-state index >= 15 is 0 Å².